The molecule has 0 bridgehead atoms. The summed E-state index contributed by atoms with van der Waals surface area (Å²) in [5, 5.41) is 20.9. The molecular weight excluding hydrogens is 793 g/mol. The van der Waals surface area contributed by atoms with Crippen LogP contribution in [0.4, 0.5) is 0 Å². The molecule has 0 saturated carbocycles. The van der Waals surface area contributed by atoms with E-state index in [1.165, 1.54) is 153 Å². The summed E-state index contributed by atoms with van der Waals surface area (Å²) in [7, 11) is 0. The second-order valence-electron chi connectivity index (χ2n) is 18.2. The first-order valence-corrected chi connectivity index (χ1v) is 23.1. The Bertz CT molecular complexity index is 4090. The molecule has 0 N–H and O–H groups in total. The highest BCUT2D eigenvalue weighted by Crippen LogP contribution is 2.57. The maximum Gasteiger partial charge on any atom is -0.000763 e. The normalized spacial score (nSPS) is 12.2. The summed E-state index contributed by atoms with van der Waals surface area (Å²) in [6.07, 6.45) is 0. The van der Waals surface area contributed by atoms with E-state index in [2.05, 4.69) is 231 Å². The molecule has 15 rings (SSSR count). The van der Waals surface area contributed by atoms with Crippen molar-refractivity contribution in [2.45, 2.75) is 0 Å². The zero-order chi connectivity index (χ0) is 43.0. The predicted molar refractivity (Wildman–Crippen MR) is 284 cm³/mol. The van der Waals surface area contributed by atoms with E-state index in [1.807, 2.05) is 0 Å². The summed E-state index contributed by atoms with van der Waals surface area (Å²) < 4.78 is 0. The van der Waals surface area contributed by atoms with E-state index >= 15 is 0 Å². The zero-order valence-electron chi connectivity index (χ0n) is 35.9. The molecule has 0 heteroatoms. The van der Waals surface area contributed by atoms with Crippen molar-refractivity contribution in [2.24, 2.45) is 0 Å². The van der Waals surface area contributed by atoms with Gasteiger partial charge in [0.25, 0.3) is 0 Å². The summed E-state index contributed by atoms with van der Waals surface area (Å²) >= 11 is 0. The topological polar surface area (TPSA) is 0 Å². The van der Waals surface area contributed by atoms with Crippen molar-refractivity contribution in [3.05, 3.63) is 231 Å². The van der Waals surface area contributed by atoms with Crippen LogP contribution in [0, 0.1) is 0 Å². The van der Waals surface area contributed by atoms with Gasteiger partial charge in [0.05, 0.1) is 0 Å². The molecule has 0 heterocycles. The molecule has 0 atom stereocenters. The summed E-state index contributed by atoms with van der Waals surface area (Å²) in [6, 6.07) is 86.7. The number of fused-ring (bicyclic) bond motifs is 12. The fourth-order valence-corrected chi connectivity index (χ4v) is 12.1. The Kier molecular flexibility index (Phi) is 7.31. The first kappa shape index (κ1) is 35.8. The van der Waals surface area contributed by atoms with Gasteiger partial charge in [-0.25, -0.2) is 0 Å². The van der Waals surface area contributed by atoms with Crippen molar-refractivity contribution < 1.29 is 0 Å². The van der Waals surface area contributed by atoms with E-state index in [4.69, 9.17) is 0 Å². The maximum absolute atomic E-state index is 2.57. The Morgan fingerprint density at radius 3 is 1.02 bits per heavy atom. The van der Waals surface area contributed by atoms with Gasteiger partial charge in [-0.2, -0.15) is 0 Å². The number of hydrogen-bond acceptors (Lipinski definition) is 0. The molecule has 0 radical (unpaired) electrons. The van der Waals surface area contributed by atoms with Crippen LogP contribution in [0.5, 0.6) is 0 Å². The van der Waals surface area contributed by atoms with Gasteiger partial charge in [-0.1, -0.05) is 206 Å². The molecule has 0 nitrogen and oxygen atoms in total. The molecule has 0 unspecified atom stereocenters. The summed E-state index contributed by atoms with van der Waals surface area (Å²) in [4.78, 5) is 0. The Hall–Kier alpha value is -8.58. The Balaban J connectivity index is 1.15. The van der Waals surface area contributed by atoms with Gasteiger partial charge in [0.1, 0.15) is 0 Å². The highest BCUT2D eigenvalue weighted by molar-refractivity contribution is 6.40. The lowest BCUT2D eigenvalue weighted by Crippen LogP contribution is -1.95. The number of hydrogen-bond donors (Lipinski definition) is 0. The number of benzene rings is 14. The van der Waals surface area contributed by atoms with Gasteiger partial charge in [-0.15, -0.1) is 0 Å². The van der Waals surface area contributed by atoms with E-state index in [1.54, 1.807) is 0 Å². The highest BCUT2D eigenvalue weighted by Gasteiger charge is 2.29. The van der Waals surface area contributed by atoms with Gasteiger partial charge in [-0.05, 0) is 177 Å². The second kappa shape index (κ2) is 13.5. The van der Waals surface area contributed by atoms with Crippen molar-refractivity contribution in [1.29, 1.82) is 0 Å². The molecule has 0 amide bonds. The third kappa shape index (κ3) is 4.88. The van der Waals surface area contributed by atoms with Crippen molar-refractivity contribution >= 4 is 86.2 Å². The first-order chi connectivity index (χ1) is 32.8. The molecule has 302 valence electrons. The predicted octanol–water partition coefficient (Wildman–Crippen LogP) is 18.7. The van der Waals surface area contributed by atoms with Crippen molar-refractivity contribution in [3.63, 3.8) is 0 Å². The van der Waals surface area contributed by atoms with Gasteiger partial charge in [-0.3, -0.25) is 0 Å². The third-order valence-corrected chi connectivity index (χ3v) is 14.9. The van der Waals surface area contributed by atoms with Crippen LogP contribution in [-0.2, 0) is 0 Å². The van der Waals surface area contributed by atoms with Gasteiger partial charge in [0, 0.05) is 0 Å². The molecule has 0 spiro atoms. The fraction of sp³-hybridized carbons (Fsp3) is 0. The minimum atomic E-state index is 1.21. The minimum Gasteiger partial charge on any atom is -0.0622 e. The van der Waals surface area contributed by atoms with E-state index in [0.717, 1.165) is 0 Å². The van der Waals surface area contributed by atoms with Gasteiger partial charge in [0.15, 0.2) is 0 Å². The van der Waals surface area contributed by atoms with Crippen molar-refractivity contribution in [2.75, 3.05) is 0 Å². The lowest BCUT2D eigenvalue weighted by Gasteiger charge is -2.23. The Morgan fingerprint density at radius 1 is 0.167 bits per heavy atom. The van der Waals surface area contributed by atoms with Gasteiger partial charge < -0.3 is 0 Å². The van der Waals surface area contributed by atoms with Crippen LogP contribution in [-0.4, -0.2) is 0 Å². The molecule has 14 aromatic rings. The average Bonchev–Trinajstić information content (AvgIpc) is 3.71. The van der Waals surface area contributed by atoms with Gasteiger partial charge >= 0.3 is 0 Å². The lowest BCUT2D eigenvalue weighted by molar-refractivity contribution is 1.60. The molecule has 1 aliphatic carbocycles. The molecule has 14 aromatic carbocycles. The van der Waals surface area contributed by atoms with Crippen molar-refractivity contribution in [1.82, 2.24) is 0 Å². The van der Waals surface area contributed by atoms with E-state index in [9.17, 15) is 0 Å². The molecule has 66 heavy (non-hydrogen) atoms. The van der Waals surface area contributed by atoms with Crippen LogP contribution in [0.15, 0.2) is 231 Å². The standard InChI is InChI=1S/C66H38/c1-3-15-39(16-4-1)42-21-11-23-44(35-42)61-58-37-56-54-33-31-52-50-29-13-19-41-20-14-30-51(60(41)50)53-32-34-55(64(54)63(52)53)57(56)38-59(58)62(45-24-12-22-43(36-45)40-17-5-2-6-18-40)66-49-28-10-8-26-47(49)46-25-7-9-27-48(46)65(61)66/h1-38H. The van der Waals surface area contributed by atoms with Crippen LogP contribution in [0.25, 0.3) is 153 Å². The zero-order valence-corrected chi connectivity index (χ0v) is 35.9. The van der Waals surface area contributed by atoms with Crippen LogP contribution < -0.4 is 0 Å². The SMILES string of the molecule is c1ccc(-c2cccc(-c3c4cc5c(cc4c(-c4cccc(-c6ccccc6)c4)c4c6ccccc6c6ccccc6c34)-c3ccc4c6cccc7cccc(c8ccc-5c3c84)c76)c2)cc1. The van der Waals surface area contributed by atoms with Crippen LogP contribution in [0.2, 0.25) is 0 Å². The Labute approximate surface area is 381 Å². The second-order valence-corrected chi connectivity index (χ2v) is 18.2. The summed E-state index contributed by atoms with van der Waals surface area (Å²) in [6.45, 7) is 0. The maximum atomic E-state index is 2.57. The van der Waals surface area contributed by atoms with Crippen LogP contribution in [0.3, 0.4) is 0 Å². The largest absolute Gasteiger partial charge is 0.0622 e. The number of rotatable bonds is 4. The van der Waals surface area contributed by atoms with E-state index in [-0.39, 0.29) is 0 Å². The molecule has 1 aliphatic rings. The molecule has 0 aliphatic heterocycles. The lowest BCUT2D eigenvalue weighted by atomic mass is 9.80. The molecular formula is C66H38. The fourth-order valence-electron chi connectivity index (χ4n) is 12.1. The molecule has 0 aromatic heterocycles. The Morgan fingerprint density at radius 2 is 0.530 bits per heavy atom. The smallest absolute Gasteiger partial charge is 0.000763 e. The van der Waals surface area contributed by atoms with E-state index < -0.39 is 0 Å². The minimum absolute atomic E-state index is 1.21. The average molecular weight is 831 g/mol. The van der Waals surface area contributed by atoms with Crippen molar-refractivity contribution in [3.8, 4) is 66.8 Å². The third-order valence-electron chi connectivity index (χ3n) is 14.9. The monoisotopic (exact) mass is 830 g/mol. The molecule has 0 fully saturated rings. The molecule has 0 saturated heterocycles. The van der Waals surface area contributed by atoms with Gasteiger partial charge in [0.2, 0.25) is 0 Å². The van der Waals surface area contributed by atoms with Crippen LogP contribution >= 0.6 is 0 Å². The summed E-state index contributed by atoms with van der Waals surface area (Å²) in [5.41, 5.74) is 15.1. The van der Waals surface area contributed by atoms with E-state index in [0.29, 0.717) is 0 Å². The quantitative estimate of drug-likeness (QED) is 0.122. The first-order valence-electron chi connectivity index (χ1n) is 23.1. The highest BCUT2D eigenvalue weighted by atomic mass is 14.3. The summed E-state index contributed by atoms with van der Waals surface area (Å²) in [5.74, 6) is 0. The van der Waals surface area contributed by atoms with Crippen LogP contribution in [0.1, 0.15) is 0 Å².